The lowest BCUT2D eigenvalue weighted by atomic mass is 9.95. The molecule has 2 fully saturated rings. The molecule has 38 heavy (non-hydrogen) atoms. The highest BCUT2D eigenvalue weighted by atomic mass is 16.5. The minimum Gasteiger partial charge on any atom is -0.457 e. The normalized spacial score (nSPS) is 16.3. The zero-order valence-corrected chi connectivity index (χ0v) is 21.2. The van der Waals surface area contributed by atoms with Gasteiger partial charge in [-0.15, -0.1) is 0 Å². The number of nitrogens with zero attached hydrogens (tertiary/aromatic N) is 3. The van der Waals surface area contributed by atoms with Crippen molar-refractivity contribution in [2.24, 2.45) is 11.8 Å². The molecular weight excluding hydrogens is 478 g/mol. The van der Waals surface area contributed by atoms with Gasteiger partial charge in [-0.25, -0.2) is 9.78 Å². The second kappa shape index (κ2) is 10.7. The SMILES string of the molecule is O=C(Nc1cc(Oc2ccc3c(ccn3C(=O)Nc3ccccc3)c2)ccn1)C1CCN(CC2CC2)CC1. The number of benzene rings is 2. The molecule has 0 spiro atoms. The van der Waals surface area contributed by atoms with Crippen LogP contribution in [0.4, 0.5) is 16.3 Å². The second-order valence-corrected chi connectivity index (χ2v) is 10.2. The summed E-state index contributed by atoms with van der Waals surface area (Å²) in [7, 11) is 0. The molecule has 8 nitrogen and oxygen atoms in total. The Hall–Kier alpha value is -4.17. The van der Waals surface area contributed by atoms with Gasteiger partial charge in [0.25, 0.3) is 0 Å². The Balaban J connectivity index is 1.07. The molecule has 3 heterocycles. The Bertz CT molecular complexity index is 1440. The second-order valence-electron chi connectivity index (χ2n) is 10.2. The number of pyridine rings is 1. The van der Waals surface area contributed by atoms with Crippen LogP contribution in [0.3, 0.4) is 0 Å². The van der Waals surface area contributed by atoms with Crippen LogP contribution in [-0.2, 0) is 4.79 Å². The summed E-state index contributed by atoms with van der Waals surface area (Å²) in [5.74, 6) is 2.62. The fourth-order valence-electron chi connectivity index (χ4n) is 5.02. The van der Waals surface area contributed by atoms with Gasteiger partial charge in [-0.3, -0.25) is 9.36 Å². The fraction of sp³-hybridized carbons (Fsp3) is 0.300. The molecule has 0 radical (unpaired) electrons. The molecule has 2 aliphatic rings. The first kappa shape index (κ1) is 24.2. The molecule has 2 N–H and O–H groups in total. The summed E-state index contributed by atoms with van der Waals surface area (Å²) in [5.41, 5.74) is 1.51. The number of hydrogen-bond donors (Lipinski definition) is 2. The number of carbonyl (C=O) groups is 2. The highest BCUT2D eigenvalue weighted by Gasteiger charge is 2.29. The standard InChI is InChI=1S/C30H31N5O3/c36-29(22-11-15-34(16-12-22)20-21-6-7-21)33-28-19-26(10-14-31-28)38-25-8-9-27-23(18-25)13-17-35(27)30(37)32-24-4-2-1-3-5-24/h1-5,8-10,13-14,17-19,21-22H,6-7,11-12,15-16,20H2,(H,32,37)(H,31,33,36). The molecule has 4 aromatic rings. The van der Waals surface area contributed by atoms with E-state index in [-0.39, 0.29) is 17.9 Å². The van der Waals surface area contributed by atoms with E-state index >= 15 is 0 Å². The maximum Gasteiger partial charge on any atom is 0.330 e. The molecule has 1 saturated carbocycles. The molecule has 6 rings (SSSR count). The van der Waals surface area contributed by atoms with Crippen LogP contribution in [0.15, 0.2) is 79.1 Å². The molecule has 2 aromatic heterocycles. The van der Waals surface area contributed by atoms with Crippen LogP contribution in [0.2, 0.25) is 0 Å². The molecule has 0 bridgehead atoms. The average Bonchev–Trinajstić information content (AvgIpc) is 3.65. The van der Waals surface area contributed by atoms with Crippen LogP contribution in [0, 0.1) is 11.8 Å². The van der Waals surface area contributed by atoms with Gasteiger partial charge in [0.15, 0.2) is 0 Å². The van der Waals surface area contributed by atoms with Crippen molar-refractivity contribution >= 4 is 34.3 Å². The quantitative estimate of drug-likeness (QED) is 0.320. The number of para-hydroxylation sites is 1. The van der Waals surface area contributed by atoms with Gasteiger partial charge < -0.3 is 20.3 Å². The molecule has 194 valence electrons. The van der Waals surface area contributed by atoms with Crippen molar-refractivity contribution in [1.29, 1.82) is 0 Å². The number of amides is 2. The van der Waals surface area contributed by atoms with Crippen molar-refractivity contribution in [3.63, 3.8) is 0 Å². The molecule has 1 aliphatic heterocycles. The number of aromatic nitrogens is 2. The smallest absolute Gasteiger partial charge is 0.330 e. The monoisotopic (exact) mass is 509 g/mol. The van der Waals surface area contributed by atoms with Gasteiger partial charge >= 0.3 is 6.03 Å². The summed E-state index contributed by atoms with van der Waals surface area (Å²) in [4.78, 5) is 32.4. The van der Waals surface area contributed by atoms with Crippen LogP contribution in [0.5, 0.6) is 11.5 Å². The Labute approximate surface area is 221 Å². The maximum atomic E-state index is 12.9. The van der Waals surface area contributed by atoms with E-state index in [0.29, 0.717) is 17.3 Å². The minimum absolute atomic E-state index is 0.0161. The zero-order valence-electron chi connectivity index (χ0n) is 21.2. The lowest BCUT2D eigenvalue weighted by molar-refractivity contribution is -0.121. The first-order chi connectivity index (χ1) is 18.6. The van der Waals surface area contributed by atoms with Crippen LogP contribution in [0.25, 0.3) is 10.9 Å². The summed E-state index contributed by atoms with van der Waals surface area (Å²) in [6.07, 6.45) is 7.86. The van der Waals surface area contributed by atoms with E-state index in [1.165, 1.54) is 19.4 Å². The molecule has 8 heteroatoms. The molecule has 0 atom stereocenters. The third-order valence-corrected chi connectivity index (χ3v) is 7.30. The fourth-order valence-corrected chi connectivity index (χ4v) is 5.02. The van der Waals surface area contributed by atoms with Gasteiger partial charge in [-0.1, -0.05) is 18.2 Å². The number of rotatable bonds is 7. The van der Waals surface area contributed by atoms with Gasteiger partial charge in [-0.05, 0) is 87.2 Å². The number of likely N-dealkylation sites (tertiary alicyclic amines) is 1. The van der Waals surface area contributed by atoms with Crippen molar-refractivity contribution in [2.45, 2.75) is 25.7 Å². The summed E-state index contributed by atoms with van der Waals surface area (Å²) in [5, 5.41) is 6.75. The largest absolute Gasteiger partial charge is 0.457 e. The summed E-state index contributed by atoms with van der Waals surface area (Å²) in [6, 6.07) is 20.1. The van der Waals surface area contributed by atoms with Gasteiger partial charge in [0.2, 0.25) is 5.91 Å². The number of fused-ring (bicyclic) bond motifs is 1. The van der Waals surface area contributed by atoms with Crippen molar-refractivity contribution in [1.82, 2.24) is 14.5 Å². The predicted molar refractivity (Wildman–Crippen MR) is 148 cm³/mol. The van der Waals surface area contributed by atoms with E-state index in [0.717, 1.165) is 48.4 Å². The third kappa shape index (κ3) is 5.70. The Morgan fingerprint density at radius 1 is 0.895 bits per heavy atom. The lowest BCUT2D eigenvalue weighted by Crippen LogP contribution is -2.39. The van der Waals surface area contributed by atoms with E-state index in [4.69, 9.17) is 4.74 Å². The maximum absolute atomic E-state index is 12.9. The van der Waals surface area contributed by atoms with Crippen molar-refractivity contribution < 1.29 is 14.3 Å². The summed E-state index contributed by atoms with van der Waals surface area (Å²) >= 11 is 0. The first-order valence-electron chi connectivity index (χ1n) is 13.3. The third-order valence-electron chi connectivity index (χ3n) is 7.30. The zero-order chi connectivity index (χ0) is 25.9. The van der Waals surface area contributed by atoms with Gasteiger partial charge in [0.1, 0.15) is 17.3 Å². The molecular formula is C30H31N5O3. The molecule has 1 saturated heterocycles. The van der Waals surface area contributed by atoms with Crippen LogP contribution in [-0.4, -0.2) is 46.0 Å². The van der Waals surface area contributed by atoms with Crippen molar-refractivity contribution in [2.75, 3.05) is 30.3 Å². The molecule has 0 unspecified atom stereocenters. The summed E-state index contributed by atoms with van der Waals surface area (Å²) in [6.45, 7) is 3.17. The molecule has 2 amide bonds. The van der Waals surface area contributed by atoms with Gasteiger partial charge in [0.05, 0.1) is 5.52 Å². The predicted octanol–water partition coefficient (Wildman–Crippen LogP) is 5.97. The van der Waals surface area contributed by atoms with Crippen LogP contribution < -0.4 is 15.4 Å². The molecule has 1 aliphatic carbocycles. The average molecular weight is 510 g/mol. The Morgan fingerprint density at radius 3 is 2.47 bits per heavy atom. The minimum atomic E-state index is -0.233. The van der Waals surface area contributed by atoms with E-state index in [1.807, 2.05) is 54.6 Å². The first-order valence-corrected chi connectivity index (χ1v) is 13.3. The van der Waals surface area contributed by atoms with E-state index < -0.39 is 0 Å². The van der Waals surface area contributed by atoms with Crippen LogP contribution >= 0.6 is 0 Å². The van der Waals surface area contributed by atoms with Crippen molar-refractivity contribution in [3.05, 3.63) is 79.1 Å². The highest BCUT2D eigenvalue weighted by Crippen LogP contribution is 2.32. The van der Waals surface area contributed by atoms with Gasteiger partial charge in [0, 0.05) is 42.0 Å². The highest BCUT2D eigenvalue weighted by molar-refractivity contribution is 5.98. The number of hydrogen-bond acceptors (Lipinski definition) is 5. The Morgan fingerprint density at radius 2 is 1.68 bits per heavy atom. The topological polar surface area (TPSA) is 88.5 Å². The van der Waals surface area contributed by atoms with Crippen molar-refractivity contribution in [3.8, 4) is 11.5 Å². The van der Waals surface area contributed by atoms with E-state index in [1.54, 1.807) is 29.1 Å². The van der Waals surface area contributed by atoms with Gasteiger partial charge in [-0.2, -0.15) is 0 Å². The number of piperidine rings is 1. The number of carbonyl (C=O) groups excluding carboxylic acids is 2. The summed E-state index contributed by atoms with van der Waals surface area (Å²) < 4.78 is 7.64. The number of nitrogens with one attached hydrogen (secondary N) is 2. The lowest BCUT2D eigenvalue weighted by Gasteiger charge is -2.31. The van der Waals surface area contributed by atoms with E-state index in [2.05, 4.69) is 20.5 Å². The number of anilines is 2. The Kier molecular flexibility index (Phi) is 6.79. The number of ether oxygens (including phenoxy) is 1. The molecule has 2 aromatic carbocycles. The van der Waals surface area contributed by atoms with E-state index in [9.17, 15) is 9.59 Å². The van der Waals surface area contributed by atoms with Crippen LogP contribution in [0.1, 0.15) is 25.7 Å².